The van der Waals surface area contributed by atoms with Crippen LogP contribution in [0.1, 0.15) is 47.4 Å². The minimum absolute atomic E-state index is 0. The van der Waals surface area contributed by atoms with Gasteiger partial charge in [0.1, 0.15) is 22.2 Å². The molecule has 16 heteroatoms. The lowest BCUT2D eigenvalue weighted by molar-refractivity contribution is -0.377. The topological polar surface area (TPSA) is 147 Å². The lowest BCUT2D eigenvalue weighted by atomic mass is 10.0. The van der Waals surface area contributed by atoms with Gasteiger partial charge in [0.05, 0.1) is 11.5 Å². The Hall–Kier alpha value is -3.56. The van der Waals surface area contributed by atoms with Crippen LogP contribution in [0, 0.1) is 5.92 Å². The molecule has 1 saturated carbocycles. The van der Waals surface area contributed by atoms with Crippen molar-refractivity contribution in [2.75, 3.05) is 27.7 Å². The van der Waals surface area contributed by atoms with Crippen LogP contribution < -0.4 is 14.5 Å². The highest BCUT2D eigenvalue weighted by atomic mass is 35.5. The second kappa shape index (κ2) is 16.0. The monoisotopic (exact) mass is 717 g/mol. The van der Waals surface area contributed by atoms with E-state index in [4.69, 9.17) is 32.7 Å². The van der Waals surface area contributed by atoms with E-state index in [0.717, 1.165) is 17.1 Å². The number of pyridine rings is 1. The summed E-state index contributed by atoms with van der Waals surface area (Å²) < 4.78 is 70.5. The Morgan fingerprint density at radius 1 is 1.02 bits per heavy atom. The van der Waals surface area contributed by atoms with Crippen molar-refractivity contribution in [2.45, 2.75) is 49.8 Å². The van der Waals surface area contributed by atoms with Gasteiger partial charge in [0, 0.05) is 38.7 Å². The van der Waals surface area contributed by atoms with Crippen LogP contribution in [0.5, 0.6) is 11.5 Å². The Bertz CT molecular complexity index is 1670. The highest BCUT2D eigenvalue weighted by molar-refractivity contribution is 7.89. The molecule has 1 aliphatic rings. The van der Waals surface area contributed by atoms with E-state index in [1.807, 2.05) is 0 Å². The molecular weight excluding hydrogens is 683 g/mol. The van der Waals surface area contributed by atoms with Gasteiger partial charge in [-0.1, -0.05) is 35.3 Å². The predicted octanol–water partition coefficient (Wildman–Crippen LogP) is 5.26. The first-order valence-corrected chi connectivity index (χ1v) is 16.4. The van der Waals surface area contributed by atoms with Crippen LogP contribution in [0.3, 0.4) is 0 Å². The van der Waals surface area contributed by atoms with Gasteiger partial charge in [-0.2, -0.15) is 13.1 Å². The molecule has 2 N–H and O–H groups in total. The molecule has 0 radical (unpaired) electrons. The number of aromatic amines is 1. The number of ether oxygens (including phenoxy) is 3. The number of benzene rings is 2. The minimum Gasteiger partial charge on any atom is -0.870 e. The number of halogens is 4. The third kappa shape index (κ3) is 9.51. The predicted molar refractivity (Wildman–Crippen MR) is 168 cm³/mol. The van der Waals surface area contributed by atoms with Crippen LogP contribution in [0.4, 0.5) is 8.78 Å². The number of carbonyl (C=O) groups excluding carboxylic acids is 2. The van der Waals surface area contributed by atoms with Crippen molar-refractivity contribution in [1.29, 1.82) is 0 Å². The van der Waals surface area contributed by atoms with Gasteiger partial charge in [0.2, 0.25) is 10.0 Å². The summed E-state index contributed by atoms with van der Waals surface area (Å²) >= 11 is 12.8. The molecule has 1 aliphatic carbocycles. The van der Waals surface area contributed by atoms with Gasteiger partial charge in [-0.05, 0) is 61.6 Å². The first-order chi connectivity index (χ1) is 21.7. The number of sulfonamides is 1. The van der Waals surface area contributed by atoms with E-state index in [1.54, 1.807) is 14.1 Å². The number of aromatic nitrogens is 1. The molecule has 11 nitrogen and oxygen atoms in total. The average Bonchev–Trinajstić information content (AvgIpc) is 3.85. The highest BCUT2D eigenvalue weighted by Gasteiger charge is 2.34. The number of likely N-dealkylation sites (N-methyl/N-ethyl adjacent to an activating group) is 1. The molecule has 1 aromatic heterocycles. The summed E-state index contributed by atoms with van der Waals surface area (Å²) in [6.07, 6.45) is 3.74. The molecule has 0 unspecified atom stereocenters. The normalized spacial score (nSPS) is 14.3. The van der Waals surface area contributed by atoms with Crippen molar-refractivity contribution < 1.29 is 51.5 Å². The second-order valence-corrected chi connectivity index (χ2v) is 13.8. The van der Waals surface area contributed by atoms with Crippen LogP contribution in [0.15, 0.2) is 59.8 Å². The number of alkyl halides is 2. The Labute approximate surface area is 281 Å². The van der Waals surface area contributed by atoms with E-state index in [1.165, 1.54) is 73.7 Å². The molecule has 1 amide bonds. The summed E-state index contributed by atoms with van der Waals surface area (Å²) in [6.45, 7) is -1.45. The summed E-state index contributed by atoms with van der Waals surface area (Å²) in [5.41, 5.74) is 0.917. The molecule has 256 valence electrons. The number of rotatable bonds is 14. The minimum atomic E-state index is -4.26. The van der Waals surface area contributed by atoms with Gasteiger partial charge in [-0.25, -0.2) is 13.4 Å². The van der Waals surface area contributed by atoms with Crippen molar-refractivity contribution in [2.24, 2.45) is 5.92 Å². The van der Waals surface area contributed by atoms with Gasteiger partial charge in [0.25, 0.3) is 5.91 Å². The number of hydrogen-bond donors (Lipinski definition) is 0. The molecule has 0 bridgehead atoms. The zero-order chi connectivity index (χ0) is 33.8. The van der Waals surface area contributed by atoms with Crippen molar-refractivity contribution in [3.8, 4) is 11.5 Å². The lowest BCUT2D eigenvalue weighted by Gasteiger charge is -2.26. The number of H-pyrrole nitrogens is 1. The third-order valence-corrected chi connectivity index (χ3v) is 10.0. The maximum atomic E-state index is 13.6. The fourth-order valence-electron chi connectivity index (χ4n) is 4.42. The fourth-order valence-corrected chi connectivity index (χ4v) is 6.31. The number of esters is 1. The summed E-state index contributed by atoms with van der Waals surface area (Å²) in [5.74, 6) is -1.17. The maximum Gasteiger partial charge on any atom is 0.387 e. The molecule has 2 aromatic carbocycles. The Kier molecular flexibility index (Phi) is 12.9. The number of hydrogen-bond acceptors (Lipinski definition) is 8. The maximum absolute atomic E-state index is 13.6. The van der Waals surface area contributed by atoms with Crippen molar-refractivity contribution >= 4 is 45.1 Å². The largest absolute Gasteiger partial charge is 0.870 e. The standard InChI is InChI=1S/C31H33Cl2F2N3O7S.H2O/c1-18(38(4)46(41,42)22-7-5-6-21(12-22)29(39)37(2)3)30(40)44-27(14-23-24(32)15-36-16-25(23)33)20-10-11-26(45-31(34)35)28(13-20)43-17-19-8-9-19;/h5-7,10-13,15-16,18-19,27,31H,8-9,14,17H2,1-4H3;1H2/t18-,27-;/m1./s1. The van der Waals surface area contributed by atoms with Crippen LogP contribution in [0.2, 0.25) is 10.0 Å². The molecular formula is C31H35Cl2F2N3O8S. The summed E-state index contributed by atoms with van der Waals surface area (Å²) in [6, 6.07) is 8.31. The zero-order valence-electron chi connectivity index (χ0n) is 26.0. The van der Waals surface area contributed by atoms with Gasteiger partial charge < -0.3 is 24.6 Å². The van der Waals surface area contributed by atoms with E-state index < -0.39 is 40.7 Å². The van der Waals surface area contributed by atoms with E-state index in [-0.39, 0.29) is 43.9 Å². The van der Waals surface area contributed by atoms with Crippen molar-refractivity contribution in [3.63, 3.8) is 0 Å². The summed E-state index contributed by atoms with van der Waals surface area (Å²) in [4.78, 5) is 29.9. The fraction of sp³-hybridized carbons (Fsp3) is 0.387. The van der Waals surface area contributed by atoms with Crippen LogP contribution in [0.25, 0.3) is 0 Å². The quantitative estimate of drug-likeness (QED) is 0.205. The molecule has 1 heterocycles. The Balaban J connectivity index is 0.00000600. The molecule has 2 atom stereocenters. The first-order valence-electron chi connectivity index (χ1n) is 14.2. The highest BCUT2D eigenvalue weighted by Crippen LogP contribution is 2.38. The SMILES string of the molecule is C[C@H](C(=O)O[C@H](Cc1c(Cl)c[nH+]cc1Cl)c1ccc(OC(F)F)c(OCC2CC2)c1)N(C)S(=O)(=O)c1cccc(C(=O)N(C)C)c1.[OH-]. The molecule has 0 aliphatic heterocycles. The molecule has 4 rings (SSSR count). The number of nitrogens with one attached hydrogen (secondary N) is 1. The second-order valence-electron chi connectivity index (χ2n) is 11.0. The lowest BCUT2D eigenvalue weighted by Crippen LogP contribution is -2.41. The molecule has 47 heavy (non-hydrogen) atoms. The van der Waals surface area contributed by atoms with Gasteiger partial charge in [-0.3, -0.25) is 9.59 Å². The smallest absolute Gasteiger partial charge is 0.387 e. The van der Waals surface area contributed by atoms with Crippen LogP contribution in [-0.4, -0.2) is 75.4 Å². The Morgan fingerprint density at radius 3 is 2.28 bits per heavy atom. The van der Waals surface area contributed by atoms with E-state index in [0.29, 0.717) is 23.7 Å². The number of nitrogens with zero attached hydrogens (tertiary/aromatic N) is 2. The summed E-state index contributed by atoms with van der Waals surface area (Å²) in [7, 11) is 0.0395. The summed E-state index contributed by atoms with van der Waals surface area (Å²) in [5, 5.41) is 0.493. The van der Waals surface area contributed by atoms with Crippen molar-refractivity contribution in [3.05, 3.63) is 81.6 Å². The first kappa shape index (κ1) is 37.9. The molecule has 0 spiro atoms. The number of carbonyl (C=O) groups is 2. The van der Waals surface area contributed by atoms with Crippen molar-refractivity contribution in [1.82, 2.24) is 9.21 Å². The van der Waals surface area contributed by atoms with Gasteiger partial charge >= 0.3 is 12.6 Å². The molecule has 1 fully saturated rings. The third-order valence-electron chi connectivity index (χ3n) is 7.42. The van der Waals surface area contributed by atoms with Crippen LogP contribution in [-0.2, 0) is 26.0 Å². The zero-order valence-corrected chi connectivity index (χ0v) is 28.3. The molecule has 3 aromatic rings. The number of amides is 1. The average molecular weight is 719 g/mol. The van der Waals surface area contributed by atoms with Gasteiger partial charge in [0.15, 0.2) is 23.9 Å². The van der Waals surface area contributed by atoms with Crippen LogP contribution >= 0.6 is 23.2 Å². The molecule has 0 saturated heterocycles. The Morgan fingerprint density at radius 2 is 1.68 bits per heavy atom. The van der Waals surface area contributed by atoms with E-state index >= 15 is 0 Å². The van der Waals surface area contributed by atoms with Gasteiger partial charge in [-0.15, -0.1) is 0 Å². The van der Waals surface area contributed by atoms with E-state index in [2.05, 4.69) is 9.72 Å². The van der Waals surface area contributed by atoms with E-state index in [9.17, 15) is 26.8 Å².